The number of aryl methyl sites for hydroxylation is 2. The third kappa shape index (κ3) is 1.79. The van der Waals surface area contributed by atoms with Crippen molar-refractivity contribution < 1.29 is 9.53 Å². The topological polar surface area (TPSA) is 89.3 Å². The number of rotatable bonds is 2. The number of carbonyl (C=O) groups is 1. The minimum Gasteiger partial charge on any atom is -0.462 e. The summed E-state index contributed by atoms with van der Waals surface area (Å²) in [4.78, 5) is 26.0. The van der Waals surface area contributed by atoms with Crippen LogP contribution in [0.25, 0.3) is 5.52 Å². The Labute approximate surface area is 96.4 Å². The molecule has 0 unspecified atom stereocenters. The Morgan fingerprint density at radius 1 is 1.41 bits per heavy atom. The Hall–Kier alpha value is -2.18. The summed E-state index contributed by atoms with van der Waals surface area (Å²) in [7, 11) is 0. The maximum absolute atomic E-state index is 11.8. The highest BCUT2D eigenvalue weighted by Crippen LogP contribution is 2.12. The van der Waals surface area contributed by atoms with E-state index in [0.717, 1.165) is 4.63 Å². The van der Waals surface area contributed by atoms with Crippen molar-refractivity contribution in [2.24, 2.45) is 0 Å². The molecule has 2 aromatic rings. The minimum atomic E-state index is -0.559. The molecule has 0 fully saturated rings. The Balaban J connectivity index is 2.75. The highest BCUT2D eigenvalue weighted by Gasteiger charge is 2.21. The molecule has 0 spiro atoms. The number of hydrogen-bond donors (Lipinski definition) is 1. The lowest BCUT2D eigenvalue weighted by Gasteiger charge is -2.00. The van der Waals surface area contributed by atoms with Crippen LogP contribution in [0.2, 0.25) is 0 Å². The van der Waals surface area contributed by atoms with Gasteiger partial charge in [0.15, 0.2) is 5.52 Å². The van der Waals surface area contributed by atoms with E-state index in [4.69, 9.17) is 4.74 Å². The van der Waals surface area contributed by atoms with Crippen LogP contribution in [0.1, 0.15) is 28.8 Å². The third-order valence-corrected chi connectivity index (χ3v) is 2.28. The summed E-state index contributed by atoms with van der Waals surface area (Å²) in [6, 6.07) is 0. The molecule has 2 aromatic heterocycles. The molecule has 90 valence electrons. The van der Waals surface area contributed by atoms with Crippen molar-refractivity contribution in [3.05, 3.63) is 27.4 Å². The van der Waals surface area contributed by atoms with Crippen molar-refractivity contribution >= 4 is 11.5 Å². The van der Waals surface area contributed by atoms with Gasteiger partial charge in [0, 0.05) is 0 Å². The maximum Gasteiger partial charge on any atom is 0.342 e. The van der Waals surface area contributed by atoms with E-state index >= 15 is 0 Å². The predicted octanol–water partition coefficient (Wildman–Crippen LogP) is 0.211. The van der Waals surface area contributed by atoms with Crippen LogP contribution in [0.15, 0.2) is 4.79 Å². The number of ether oxygens (including phenoxy) is 1. The highest BCUT2D eigenvalue weighted by molar-refractivity contribution is 5.97. The summed E-state index contributed by atoms with van der Waals surface area (Å²) in [6.45, 7) is 5.22. The first-order valence-corrected chi connectivity index (χ1v) is 5.18. The van der Waals surface area contributed by atoms with E-state index in [1.807, 2.05) is 0 Å². The first-order chi connectivity index (χ1) is 8.04. The largest absolute Gasteiger partial charge is 0.462 e. The summed E-state index contributed by atoms with van der Waals surface area (Å²) in [5.74, 6) is -0.128. The van der Waals surface area contributed by atoms with Gasteiger partial charge >= 0.3 is 5.97 Å². The molecule has 0 aromatic carbocycles. The summed E-state index contributed by atoms with van der Waals surface area (Å²) in [6.07, 6.45) is 0. The molecule has 2 heterocycles. The molecular formula is C10H12N4O3. The van der Waals surface area contributed by atoms with Gasteiger partial charge in [0.2, 0.25) is 0 Å². The molecule has 17 heavy (non-hydrogen) atoms. The lowest BCUT2D eigenvalue weighted by atomic mass is 10.2. The van der Waals surface area contributed by atoms with Crippen molar-refractivity contribution in [3.8, 4) is 0 Å². The van der Waals surface area contributed by atoms with E-state index in [1.165, 1.54) is 0 Å². The molecule has 1 N–H and O–H groups in total. The summed E-state index contributed by atoms with van der Waals surface area (Å²) in [5, 5.41) is 8.03. The van der Waals surface area contributed by atoms with E-state index in [1.54, 1.807) is 20.8 Å². The van der Waals surface area contributed by atoms with Crippen LogP contribution in [-0.4, -0.2) is 32.4 Å². The number of fused-ring (bicyclic) bond motifs is 1. The summed E-state index contributed by atoms with van der Waals surface area (Å²) in [5.41, 5.74) is 0.306. The molecule has 7 heteroatoms. The summed E-state index contributed by atoms with van der Waals surface area (Å²) < 4.78 is 6.05. The molecule has 0 aliphatic carbocycles. The average Bonchev–Trinajstić information content (AvgIpc) is 2.54. The number of nitrogens with zero attached hydrogens (tertiary/aromatic N) is 3. The molecule has 0 atom stereocenters. The second-order valence-corrected chi connectivity index (χ2v) is 3.56. The maximum atomic E-state index is 11.8. The molecular weight excluding hydrogens is 224 g/mol. The van der Waals surface area contributed by atoms with Crippen LogP contribution >= 0.6 is 0 Å². The van der Waals surface area contributed by atoms with Gasteiger partial charge in [-0.25, -0.2) is 4.79 Å². The fraction of sp³-hybridized carbons (Fsp3) is 0.400. The van der Waals surface area contributed by atoms with Gasteiger partial charge in [-0.2, -0.15) is 5.10 Å². The van der Waals surface area contributed by atoms with Crippen LogP contribution in [0, 0.1) is 13.8 Å². The smallest absolute Gasteiger partial charge is 0.342 e. The van der Waals surface area contributed by atoms with Gasteiger partial charge in [0.1, 0.15) is 11.4 Å². The predicted molar refractivity (Wildman–Crippen MR) is 59.0 cm³/mol. The molecule has 0 saturated carbocycles. The van der Waals surface area contributed by atoms with Gasteiger partial charge in [0.05, 0.1) is 12.3 Å². The van der Waals surface area contributed by atoms with Crippen LogP contribution < -0.4 is 5.56 Å². The van der Waals surface area contributed by atoms with E-state index < -0.39 is 11.5 Å². The number of aromatic amines is 1. The summed E-state index contributed by atoms with van der Waals surface area (Å²) >= 11 is 0. The SMILES string of the molecule is CCOC(=O)c1c(C)nn2nc(C)[nH]c(=O)c12. The van der Waals surface area contributed by atoms with Gasteiger partial charge in [-0.05, 0) is 20.8 Å². The third-order valence-electron chi connectivity index (χ3n) is 2.28. The molecule has 2 rings (SSSR count). The minimum absolute atomic E-state index is 0.117. The number of nitrogens with one attached hydrogen (secondary N) is 1. The zero-order valence-electron chi connectivity index (χ0n) is 9.77. The van der Waals surface area contributed by atoms with E-state index in [-0.39, 0.29) is 17.7 Å². The van der Waals surface area contributed by atoms with Crippen LogP contribution in [0.5, 0.6) is 0 Å². The van der Waals surface area contributed by atoms with Gasteiger partial charge in [-0.3, -0.25) is 4.79 Å². The van der Waals surface area contributed by atoms with E-state index in [0.29, 0.717) is 11.5 Å². The van der Waals surface area contributed by atoms with Crippen LogP contribution in [0.3, 0.4) is 0 Å². The molecule has 7 nitrogen and oxygen atoms in total. The molecule has 0 amide bonds. The molecule has 0 aliphatic heterocycles. The number of esters is 1. The second-order valence-electron chi connectivity index (χ2n) is 3.56. The van der Waals surface area contributed by atoms with Gasteiger partial charge in [-0.15, -0.1) is 9.73 Å². The van der Waals surface area contributed by atoms with Crippen molar-refractivity contribution in [3.63, 3.8) is 0 Å². The number of aromatic nitrogens is 4. The van der Waals surface area contributed by atoms with Crippen molar-refractivity contribution in [2.45, 2.75) is 20.8 Å². The second kappa shape index (κ2) is 4.00. The Kier molecular flexibility index (Phi) is 2.66. The quantitative estimate of drug-likeness (QED) is 0.753. The van der Waals surface area contributed by atoms with Crippen LogP contribution in [-0.2, 0) is 4.74 Å². The van der Waals surface area contributed by atoms with E-state index in [9.17, 15) is 9.59 Å². The molecule has 0 bridgehead atoms. The Bertz CT molecular complexity index is 641. The van der Waals surface area contributed by atoms with Crippen molar-refractivity contribution in [1.29, 1.82) is 0 Å². The number of carbonyl (C=O) groups excluding carboxylic acids is 1. The Morgan fingerprint density at radius 3 is 2.76 bits per heavy atom. The monoisotopic (exact) mass is 236 g/mol. The highest BCUT2D eigenvalue weighted by atomic mass is 16.5. The molecule has 0 aliphatic rings. The molecule has 0 saturated heterocycles. The first-order valence-electron chi connectivity index (χ1n) is 5.18. The lowest BCUT2D eigenvalue weighted by Crippen LogP contribution is -2.17. The normalized spacial score (nSPS) is 10.8. The molecule has 0 radical (unpaired) electrons. The lowest BCUT2D eigenvalue weighted by molar-refractivity contribution is 0.0527. The number of H-pyrrole nitrogens is 1. The zero-order valence-corrected chi connectivity index (χ0v) is 9.77. The van der Waals surface area contributed by atoms with Crippen LogP contribution in [0.4, 0.5) is 0 Å². The zero-order chi connectivity index (χ0) is 12.6. The van der Waals surface area contributed by atoms with Gasteiger partial charge in [-0.1, -0.05) is 0 Å². The van der Waals surface area contributed by atoms with Crippen molar-refractivity contribution in [1.82, 2.24) is 19.8 Å². The standard InChI is InChI=1S/C10H12N4O3/c1-4-17-10(16)7-5(2)12-14-8(7)9(15)11-6(3)13-14/h4H2,1-3H3,(H,11,13,15). The van der Waals surface area contributed by atoms with E-state index in [2.05, 4.69) is 15.2 Å². The Morgan fingerprint density at radius 2 is 2.12 bits per heavy atom. The fourth-order valence-corrected chi connectivity index (χ4v) is 1.63. The first kappa shape index (κ1) is 11.3. The van der Waals surface area contributed by atoms with Gasteiger partial charge < -0.3 is 9.72 Å². The van der Waals surface area contributed by atoms with Gasteiger partial charge in [0.25, 0.3) is 5.56 Å². The fourth-order valence-electron chi connectivity index (χ4n) is 1.63. The average molecular weight is 236 g/mol. The van der Waals surface area contributed by atoms with Crippen molar-refractivity contribution in [2.75, 3.05) is 6.61 Å². The number of hydrogen-bond acceptors (Lipinski definition) is 5.